The summed E-state index contributed by atoms with van der Waals surface area (Å²) in [5, 5.41) is 0. The third-order valence-corrected chi connectivity index (χ3v) is 7.04. The maximum absolute atomic E-state index is 12.9. The number of esters is 2. The first-order valence-corrected chi connectivity index (χ1v) is 14.5. The second-order valence-electron chi connectivity index (χ2n) is 9.97. The molecule has 0 saturated heterocycles. The molecule has 4 nitrogen and oxygen atoms in total. The fourth-order valence-corrected chi connectivity index (χ4v) is 4.90. The number of hydrogen-bond acceptors (Lipinski definition) is 4. The molecular formula is C31H52O4. The van der Waals surface area contributed by atoms with Gasteiger partial charge in [-0.1, -0.05) is 123 Å². The summed E-state index contributed by atoms with van der Waals surface area (Å²) in [5.41, 5.74) is 0.608. The monoisotopic (exact) mass is 488 g/mol. The number of carbonyl (C=O) groups is 2. The summed E-state index contributed by atoms with van der Waals surface area (Å²) in [7, 11) is 0. The van der Waals surface area contributed by atoms with Gasteiger partial charge in [-0.25, -0.2) is 9.59 Å². The molecule has 0 amide bonds. The molecule has 0 N–H and O–H groups in total. The molecule has 1 aromatic carbocycles. The van der Waals surface area contributed by atoms with Gasteiger partial charge in [-0.05, 0) is 36.8 Å². The normalized spacial score (nSPS) is 12.8. The Balaban J connectivity index is 2.45. The average Bonchev–Trinajstić information content (AvgIpc) is 2.88. The molecule has 0 saturated carbocycles. The van der Waals surface area contributed by atoms with Crippen LogP contribution >= 0.6 is 0 Å². The average molecular weight is 489 g/mol. The van der Waals surface area contributed by atoms with Crippen molar-refractivity contribution in [3.05, 3.63) is 35.4 Å². The molecule has 0 aliphatic carbocycles. The van der Waals surface area contributed by atoms with Crippen LogP contribution in [-0.2, 0) is 9.47 Å². The van der Waals surface area contributed by atoms with E-state index in [0.29, 0.717) is 36.2 Å². The van der Waals surface area contributed by atoms with Crippen LogP contribution in [0.4, 0.5) is 0 Å². The van der Waals surface area contributed by atoms with Gasteiger partial charge in [0, 0.05) is 0 Å². The molecule has 0 spiro atoms. The molecule has 0 bridgehead atoms. The molecule has 200 valence electrons. The molecule has 35 heavy (non-hydrogen) atoms. The van der Waals surface area contributed by atoms with Gasteiger partial charge in [0.05, 0.1) is 24.3 Å². The van der Waals surface area contributed by atoms with E-state index < -0.39 is 11.9 Å². The molecule has 4 heteroatoms. The predicted octanol–water partition coefficient (Wildman–Crippen LogP) is 9.16. The highest BCUT2D eigenvalue weighted by atomic mass is 16.5. The number of hydrogen-bond donors (Lipinski definition) is 0. The first-order valence-electron chi connectivity index (χ1n) is 14.5. The largest absolute Gasteiger partial charge is 0.462 e. The summed E-state index contributed by atoms with van der Waals surface area (Å²) in [6, 6.07) is 6.86. The molecule has 0 fully saturated rings. The Kier molecular flexibility index (Phi) is 18.1. The van der Waals surface area contributed by atoms with Gasteiger partial charge in [-0.15, -0.1) is 0 Å². The first-order chi connectivity index (χ1) is 17.1. The topological polar surface area (TPSA) is 52.6 Å². The van der Waals surface area contributed by atoms with Crippen molar-refractivity contribution < 1.29 is 19.1 Å². The van der Waals surface area contributed by atoms with E-state index in [1.807, 2.05) is 0 Å². The zero-order chi connectivity index (χ0) is 25.7. The lowest BCUT2D eigenvalue weighted by atomic mass is 9.84. The van der Waals surface area contributed by atoms with Gasteiger partial charge in [0.15, 0.2) is 0 Å². The first kappa shape index (κ1) is 31.2. The minimum atomic E-state index is -0.434. The smallest absolute Gasteiger partial charge is 0.339 e. The van der Waals surface area contributed by atoms with Crippen molar-refractivity contribution in [2.75, 3.05) is 13.2 Å². The summed E-state index contributed by atoms with van der Waals surface area (Å²) in [6.45, 7) is 9.64. The highest BCUT2D eigenvalue weighted by Gasteiger charge is 2.23. The van der Waals surface area contributed by atoms with Crippen LogP contribution < -0.4 is 0 Å². The van der Waals surface area contributed by atoms with Gasteiger partial charge in [0.2, 0.25) is 0 Å². The van der Waals surface area contributed by atoms with Gasteiger partial charge >= 0.3 is 11.9 Å². The number of unbranched alkanes of at least 4 members (excludes halogenated alkanes) is 9. The third kappa shape index (κ3) is 13.2. The van der Waals surface area contributed by atoms with E-state index in [4.69, 9.17) is 9.47 Å². The Bertz CT molecular complexity index is 684. The number of ether oxygens (including phenoxy) is 2. The quantitative estimate of drug-likeness (QED) is 0.128. The zero-order valence-corrected chi connectivity index (χ0v) is 23.1. The summed E-state index contributed by atoms with van der Waals surface area (Å²) >= 11 is 0. The number of rotatable bonds is 21. The molecule has 1 aromatic rings. The van der Waals surface area contributed by atoms with Crippen molar-refractivity contribution >= 4 is 11.9 Å². The Morgan fingerprint density at radius 3 is 1.63 bits per heavy atom. The van der Waals surface area contributed by atoms with E-state index in [9.17, 15) is 9.59 Å². The van der Waals surface area contributed by atoms with Crippen LogP contribution in [0.1, 0.15) is 145 Å². The molecule has 2 atom stereocenters. The van der Waals surface area contributed by atoms with E-state index in [1.54, 1.807) is 24.3 Å². The standard InChI is InChI=1S/C31H52O4/c1-5-9-10-11-12-13-14-15-16-19-24-34-30(32)28-22-17-18-23-29(28)31(33)35-25-27(21-7-3)26(8-4)20-6-2/h17-18,22-23,26-27H,5-16,19-21,24-25H2,1-4H3. The van der Waals surface area contributed by atoms with Crippen molar-refractivity contribution in [2.45, 2.75) is 124 Å². The van der Waals surface area contributed by atoms with Crippen LogP contribution in [0.25, 0.3) is 0 Å². The van der Waals surface area contributed by atoms with Gasteiger partial charge < -0.3 is 9.47 Å². The molecular weight excluding hydrogens is 436 g/mol. The van der Waals surface area contributed by atoms with Crippen LogP contribution in [-0.4, -0.2) is 25.2 Å². The number of carbonyl (C=O) groups excluding carboxylic acids is 2. The van der Waals surface area contributed by atoms with Gasteiger partial charge in [-0.3, -0.25) is 0 Å². The van der Waals surface area contributed by atoms with Crippen molar-refractivity contribution in [3.8, 4) is 0 Å². The lowest BCUT2D eigenvalue weighted by Gasteiger charge is -2.25. The van der Waals surface area contributed by atoms with Crippen LogP contribution in [0.2, 0.25) is 0 Å². The summed E-state index contributed by atoms with van der Waals surface area (Å²) < 4.78 is 11.2. The summed E-state index contributed by atoms with van der Waals surface area (Å²) in [4.78, 5) is 25.6. The predicted molar refractivity (Wildman–Crippen MR) is 146 cm³/mol. The molecule has 0 aromatic heterocycles. The molecule has 0 heterocycles. The van der Waals surface area contributed by atoms with E-state index >= 15 is 0 Å². The van der Waals surface area contributed by atoms with Crippen LogP contribution in [0, 0.1) is 11.8 Å². The second-order valence-corrected chi connectivity index (χ2v) is 9.97. The highest BCUT2D eigenvalue weighted by Crippen LogP contribution is 2.26. The SMILES string of the molecule is CCCCCCCCCCCCOC(=O)c1ccccc1C(=O)OCC(CCC)C(CC)CCC. The Morgan fingerprint density at radius 2 is 1.11 bits per heavy atom. The maximum atomic E-state index is 12.9. The minimum absolute atomic E-state index is 0.303. The molecule has 0 aliphatic rings. The Morgan fingerprint density at radius 1 is 0.629 bits per heavy atom. The van der Waals surface area contributed by atoms with Crippen LogP contribution in [0.3, 0.4) is 0 Å². The second kappa shape index (κ2) is 20.4. The van der Waals surface area contributed by atoms with Gasteiger partial charge in [0.25, 0.3) is 0 Å². The molecule has 0 aliphatic heterocycles. The van der Waals surface area contributed by atoms with Crippen molar-refractivity contribution in [1.29, 1.82) is 0 Å². The lowest BCUT2D eigenvalue weighted by Crippen LogP contribution is -2.23. The van der Waals surface area contributed by atoms with Crippen molar-refractivity contribution in [3.63, 3.8) is 0 Å². The molecule has 2 unspecified atom stereocenters. The van der Waals surface area contributed by atoms with Crippen molar-refractivity contribution in [1.82, 2.24) is 0 Å². The zero-order valence-electron chi connectivity index (χ0n) is 23.1. The van der Waals surface area contributed by atoms with E-state index in [-0.39, 0.29) is 0 Å². The maximum Gasteiger partial charge on any atom is 0.339 e. The van der Waals surface area contributed by atoms with Crippen molar-refractivity contribution in [2.24, 2.45) is 11.8 Å². The Hall–Kier alpha value is -1.84. The van der Waals surface area contributed by atoms with E-state index in [1.165, 1.54) is 51.4 Å². The Labute approximate surface area is 215 Å². The van der Waals surface area contributed by atoms with Crippen LogP contribution in [0.5, 0.6) is 0 Å². The molecule has 1 rings (SSSR count). The summed E-state index contributed by atoms with van der Waals surface area (Å²) in [5.74, 6) is 0.0679. The fourth-order valence-electron chi connectivity index (χ4n) is 4.90. The number of benzene rings is 1. The third-order valence-electron chi connectivity index (χ3n) is 7.04. The highest BCUT2D eigenvalue weighted by molar-refractivity contribution is 6.03. The molecule has 0 radical (unpaired) electrons. The minimum Gasteiger partial charge on any atom is -0.462 e. The lowest BCUT2D eigenvalue weighted by molar-refractivity contribution is 0.0354. The summed E-state index contributed by atoms with van der Waals surface area (Å²) in [6.07, 6.45) is 17.9. The van der Waals surface area contributed by atoms with E-state index in [0.717, 1.165) is 44.9 Å². The van der Waals surface area contributed by atoms with Gasteiger partial charge in [-0.2, -0.15) is 0 Å². The van der Waals surface area contributed by atoms with Crippen LogP contribution in [0.15, 0.2) is 24.3 Å². The van der Waals surface area contributed by atoms with E-state index in [2.05, 4.69) is 27.7 Å². The fraction of sp³-hybridized carbons (Fsp3) is 0.742. The van der Waals surface area contributed by atoms with Gasteiger partial charge in [0.1, 0.15) is 0 Å².